The van der Waals surface area contributed by atoms with Crippen molar-refractivity contribution in [3.63, 3.8) is 0 Å². The van der Waals surface area contributed by atoms with Crippen LogP contribution in [0.5, 0.6) is 0 Å². The fourth-order valence-corrected chi connectivity index (χ4v) is 10.9. The van der Waals surface area contributed by atoms with Gasteiger partial charge in [0.15, 0.2) is 11.6 Å². The van der Waals surface area contributed by atoms with Crippen LogP contribution in [-0.2, 0) is 33.4 Å². The summed E-state index contributed by atoms with van der Waals surface area (Å²) in [6.45, 7) is 7.38. The van der Waals surface area contributed by atoms with Gasteiger partial charge >= 0.3 is 0 Å². The lowest BCUT2D eigenvalue weighted by Crippen LogP contribution is -2.62. The highest BCUT2D eigenvalue weighted by molar-refractivity contribution is 8.04. The number of aliphatic hydroxyl groups excluding tert-OH is 2. The van der Waals surface area contributed by atoms with E-state index in [1.807, 2.05) is 6.92 Å². The van der Waals surface area contributed by atoms with E-state index in [1.165, 1.54) is 11.8 Å². The van der Waals surface area contributed by atoms with Crippen molar-refractivity contribution < 1.29 is 48.7 Å². The highest BCUT2D eigenvalue weighted by Gasteiger charge is 2.68. The molecule has 7 unspecified atom stereocenters. The number of nitrogens with one attached hydrogen (secondary N) is 2. The number of thiol groups is 1. The smallest absolute Gasteiger partial charge is 0.220 e. The number of allylic oxidation sites excluding steroid dienone is 1. The molecule has 3 fully saturated rings. The van der Waals surface area contributed by atoms with E-state index >= 15 is 0 Å². The molecule has 5 N–H and O–H groups in total. The Morgan fingerprint density at radius 3 is 2.12 bits per heavy atom. The molecule has 0 aromatic heterocycles. The minimum absolute atomic E-state index is 0.00277. The Morgan fingerprint density at radius 1 is 0.902 bits per heavy atom. The molecule has 51 heavy (non-hydrogen) atoms. The molecule has 4 rings (SSSR count). The van der Waals surface area contributed by atoms with Crippen LogP contribution in [0.2, 0.25) is 0 Å². The standard InChI is InChI=1S/C37H60N2O10S2/c1-35-11-8-28(41)34(27(35)6-5-25-26-7-12-37(46,30(43)24-40)36(26,2)23-29(42)33(25)35)51-22-10-32(45)39-14-4-16-48-18-20-49-19-17-47-15-3-13-38-31(44)9-21-50/h25-26,29,33,40,42,46,50H,3-24H2,1-2H3,(H,38,44)(H,39,45). The summed E-state index contributed by atoms with van der Waals surface area (Å²) in [4.78, 5) is 50.6. The van der Waals surface area contributed by atoms with Gasteiger partial charge in [-0.15, -0.1) is 11.8 Å². The first kappa shape index (κ1) is 42.2. The van der Waals surface area contributed by atoms with E-state index in [-0.39, 0.29) is 47.2 Å². The van der Waals surface area contributed by atoms with Crippen LogP contribution in [0.25, 0.3) is 0 Å². The van der Waals surface area contributed by atoms with E-state index in [2.05, 4.69) is 30.2 Å². The lowest BCUT2D eigenvalue weighted by Gasteiger charge is -2.60. The average molecular weight is 757 g/mol. The SMILES string of the molecule is CC12CCC(=O)C(SCCC(=O)NCCCOCCOCCOCCCNC(=O)CCS)=C1CCC1C2C(O)CC2(C)C1CCC2(O)C(=O)CO. The summed E-state index contributed by atoms with van der Waals surface area (Å²) >= 11 is 5.49. The maximum absolute atomic E-state index is 13.2. The fraction of sp³-hybridized carbons (Fsp3) is 0.838. The minimum Gasteiger partial charge on any atom is -0.393 e. The molecule has 12 nitrogen and oxygen atoms in total. The summed E-state index contributed by atoms with van der Waals surface area (Å²) < 4.78 is 16.6. The highest BCUT2D eigenvalue weighted by atomic mass is 32.2. The van der Waals surface area contributed by atoms with Gasteiger partial charge in [0.25, 0.3) is 0 Å². The zero-order chi connectivity index (χ0) is 37.1. The van der Waals surface area contributed by atoms with Gasteiger partial charge in [-0.05, 0) is 85.9 Å². The third kappa shape index (κ3) is 9.97. The molecule has 0 spiro atoms. The van der Waals surface area contributed by atoms with Crippen molar-refractivity contribution >= 4 is 47.8 Å². The summed E-state index contributed by atoms with van der Waals surface area (Å²) in [6, 6.07) is 0. The maximum Gasteiger partial charge on any atom is 0.220 e. The van der Waals surface area contributed by atoms with Crippen LogP contribution in [-0.4, -0.2) is 121 Å². The monoisotopic (exact) mass is 756 g/mol. The van der Waals surface area contributed by atoms with Crippen molar-refractivity contribution in [2.75, 3.05) is 70.8 Å². The first-order chi connectivity index (χ1) is 24.4. The Bertz CT molecular complexity index is 1250. The predicted molar refractivity (Wildman–Crippen MR) is 197 cm³/mol. The zero-order valence-corrected chi connectivity index (χ0v) is 32.1. The second-order valence-electron chi connectivity index (χ2n) is 15.0. The number of ketones is 2. The van der Waals surface area contributed by atoms with Crippen molar-refractivity contribution in [3.05, 3.63) is 10.5 Å². The number of fused-ring (bicyclic) bond motifs is 5. The van der Waals surface area contributed by atoms with Gasteiger partial charge < -0.3 is 40.2 Å². The normalized spacial score (nSPS) is 31.5. The van der Waals surface area contributed by atoms with Gasteiger partial charge in [0.05, 0.1) is 37.4 Å². The number of rotatable bonds is 22. The van der Waals surface area contributed by atoms with E-state index in [9.17, 15) is 34.5 Å². The van der Waals surface area contributed by atoms with Gasteiger partial charge in [-0.25, -0.2) is 0 Å². The third-order valence-electron chi connectivity index (χ3n) is 12.0. The lowest BCUT2D eigenvalue weighted by atomic mass is 9.45. The summed E-state index contributed by atoms with van der Waals surface area (Å²) in [5, 5.41) is 38.5. The maximum atomic E-state index is 13.2. The molecule has 4 aliphatic rings. The lowest BCUT2D eigenvalue weighted by molar-refractivity contribution is -0.182. The van der Waals surface area contributed by atoms with Gasteiger partial charge in [0.2, 0.25) is 11.8 Å². The molecule has 14 heteroatoms. The van der Waals surface area contributed by atoms with Crippen LogP contribution in [0.1, 0.15) is 84.5 Å². The topological polar surface area (TPSA) is 181 Å². The Kier molecular flexibility index (Phi) is 16.3. The Balaban J connectivity index is 1.12. The summed E-state index contributed by atoms with van der Waals surface area (Å²) in [5.74, 6) is 0.606. The second kappa shape index (κ2) is 19.7. The highest BCUT2D eigenvalue weighted by Crippen LogP contribution is 2.68. The molecule has 0 aliphatic heterocycles. The molecule has 0 aromatic carbocycles. The summed E-state index contributed by atoms with van der Waals surface area (Å²) in [5.41, 5.74) is -1.69. The first-order valence-electron chi connectivity index (χ1n) is 18.7. The molecule has 0 saturated heterocycles. The largest absolute Gasteiger partial charge is 0.393 e. The van der Waals surface area contributed by atoms with Gasteiger partial charge in [-0.2, -0.15) is 12.6 Å². The number of hydrogen-bond donors (Lipinski definition) is 6. The van der Waals surface area contributed by atoms with E-state index in [4.69, 9.17) is 14.2 Å². The van der Waals surface area contributed by atoms with Crippen molar-refractivity contribution in [1.82, 2.24) is 10.6 Å². The molecule has 0 heterocycles. The Morgan fingerprint density at radius 2 is 1.51 bits per heavy atom. The number of thioether (sulfide) groups is 1. The molecule has 0 aromatic rings. The van der Waals surface area contributed by atoms with Crippen LogP contribution in [0.3, 0.4) is 0 Å². The van der Waals surface area contributed by atoms with Crippen LogP contribution in [0, 0.1) is 28.6 Å². The molecule has 0 bridgehead atoms. The second-order valence-corrected chi connectivity index (χ2v) is 16.5. The number of carbonyl (C=O) groups excluding carboxylic acids is 4. The molecule has 7 atom stereocenters. The van der Waals surface area contributed by atoms with Crippen LogP contribution in [0.15, 0.2) is 10.5 Å². The quantitative estimate of drug-likeness (QED) is 0.0707. The Hall–Kier alpha value is -1.52. The van der Waals surface area contributed by atoms with Gasteiger partial charge in [-0.1, -0.05) is 13.8 Å². The van der Waals surface area contributed by atoms with E-state index in [1.54, 1.807) is 0 Å². The molecular weight excluding hydrogens is 697 g/mol. The molecule has 4 aliphatic carbocycles. The number of hydrogen-bond acceptors (Lipinski definition) is 12. The molecule has 2 amide bonds. The molecular formula is C37H60N2O10S2. The molecule has 0 radical (unpaired) electrons. The third-order valence-corrected chi connectivity index (χ3v) is 13.4. The van der Waals surface area contributed by atoms with Gasteiger partial charge in [0, 0.05) is 56.7 Å². The summed E-state index contributed by atoms with van der Waals surface area (Å²) in [6.07, 6.45) is 5.23. The van der Waals surface area contributed by atoms with Crippen molar-refractivity contribution in [1.29, 1.82) is 0 Å². The van der Waals surface area contributed by atoms with Crippen LogP contribution >= 0.6 is 24.4 Å². The predicted octanol–water partition coefficient (Wildman–Crippen LogP) is 2.61. The Labute approximate surface area is 312 Å². The average Bonchev–Trinajstić information content (AvgIpc) is 3.37. The number of carbonyl (C=O) groups is 4. The minimum atomic E-state index is -1.63. The number of Topliss-reactive ketones (excluding diaryl/α,β-unsaturated/α-hetero) is 2. The van der Waals surface area contributed by atoms with Crippen LogP contribution in [0.4, 0.5) is 0 Å². The van der Waals surface area contributed by atoms with Crippen molar-refractivity contribution in [2.45, 2.75) is 96.2 Å². The molecule has 3 saturated carbocycles. The van der Waals surface area contributed by atoms with Crippen molar-refractivity contribution in [2.24, 2.45) is 28.6 Å². The number of ether oxygens (including phenoxy) is 3. The fourth-order valence-electron chi connectivity index (χ4n) is 9.43. The van der Waals surface area contributed by atoms with Crippen molar-refractivity contribution in [3.8, 4) is 0 Å². The zero-order valence-electron chi connectivity index (χ0n) is 30.4. The van der Waals surface area contributed by atoms with Crippen LogP contribution < -0.4 is 10.6 Å². The number of aliphatic hydroxyl groups is 3. The number of amides is 2. The van der Waals surface area contributed by atoms with Gasteiger partial charge in [0.1, 0.15) is 12.2 Å². The van der Waals surface area contributed by atoms with E-state index in [0.717, 1.165) is 29.7 Å². The van der Waals surface area contributed by atoms with E-state index in [0.29, 0.717) is 109 Å². The molecule has 290 valence electrons. The van der Waals surface area contributed by atoms with Gasteiger partial charge in [-0.3, -0.25) is 19.2 Å². The summed E-state index contributed by atoms with van der Waals surface area (Å²) in [7, 11) is 0. The first-order valence-corrected chi connectivity index (χ1v) is 20.4. The van der Waals surface area contributed by atoms with E-state index < -0.39 is 29.5 Å².